The molecular weight excluding hydrogens is 472 g/mol. The Balaban J connectivity index is 1.66. The monoisotopic (exact) mass is 499 g/mol. The average Bonchev–Trinajstić information content (AvgIpc) is 3.54. The van der Waals surface area contributed by atoms with E-state index in [1.807, 2.05) is 24.3 Å². The highest BCUT2D eigenvalue weighted by Gasteiger charge is 2.31. The first kappa shape index (κ1) is 23.3. The molecule has 0 amide bonds. The van der Waals surface area contributed by atoms with Crippen LogP contribution in [0.3, 0.4) is 0 Å². The Hall–Kier alpha value is -4.08. The quantitative estimate of drug-likeness (QED) is 0.425. The second-order valence-corrected chi connectivity index (χ2v) is 10.0. The van der Waals surface area contributed by atoms with Gasteiger partial charge in [0.15, 0.2) is 0 Å². The molecule has 0 bridgehead atoms. The fraction of sp³-hybridized carbons (Fsp3) is 0.296. The maximum absolute atomic E-state index is 14.7. The number of pyridine rings is 1. The molecule has 8 nitrogen and oxygen atoms in total. The Kier molecular flexibility index (Phi) is 5.54. The summed E-state index contributed by atoms with van der Waals surface area (Å²) < 4.78 is 18.8. The summed E-state index contributed by atoms with van der Waals surface area (Å²) >= 11 is 0. The van der Waals surface area contributed by atoms with Crippen LogP contribution in [0, 0.1) is 5.82 Å². The first-order valence-corrected chi connectivity index (χ1v) is 12.6. The third-order valence-electron chi connectivity index (χ3n) is 7.32. The molecule has 1 saturated heterocycles. The van der Waals surface area contributed by atoms with E-state index in [2.05, 4.69) is 10.2 Å². The van der Waals surface area contributed by atoms with Crippen LogP contribution in [-0.4, -0.2) is 34.6 Å². The number of rotatable bonds is 5. The van der Waals surface area contributed by atoms with E-state index in [9.17, 15) is 18.8 Å². The van der Waals surface area contributed by atoms with Crippen LogP contribution < -0.4 is 32.5 Å². The lowest BCUT2D eigenvalue weighted by atomic mass is 9.96. The largest absolute Gasteiger partial charge is 0.371 e. The fourth-order valence-electron chi connectivity index (χ4n) is 5.22. The Morgan fingerprint density at radius 3 is 2.38 bits per heavy atom. The molecular formula is C27H27BFN5O3. The summed E-state index contributed by atoms with van der Waals surface area (Å²) in [5, 5.41) is 3.13. The van der Waals surface area contributed by atoms with Crippen LogP contribution >= 0.6 is 0 Å². The summed E-state index contributed by atoms with van der Waals surface area (Å²) in [6.07, 6.45) is 3.68. The molecule has 0 radical (unpaired) electrons. The van der Waals surface area contributed by atoms with Crippen LogP contribution in [0.2, 0.25) is 0 Å². The lowest BCUT2D eigenvalue weighted by molar-refractivity contribution is 0.632. The van der Waals surface area contributed by atoms with Crippen molar-refractivity contribution in [3.8, 4) is 5.69 Å². The summed E-state index contributed by atoms with van der Waals surface area (Å²) in [4.78, 5) is 43.0. The smallest absolute Gasteiger partial charge is 0.337 e. The van der Waals surface area contributed by atoms with Crippen LogP contribution in [0.5, 0.6) is 0 Å². The van der Waals surface area contributed by atoms with Gasteiger partial charge in [-0.15, -0.1) is 0 Å². The van der Waals surface area contributed by atoms with Crippen molar-refractivity contribution in [1.29, 1.82) is 0 Å². The Morgan fingerprint density at radius 2 is 1.68 bits per heavy atom. The number of aryl methyl sites for hydroxylation is 1. The minimum absolute atomic E-state index is 0.145. The van der Waals surface area contributed by atoms with Crippen molar-refractivity contribution in [1.82, 2.24) is 13.7 Å². The standard InChI is InChI=1S/C27H27BFN5O3/c1-31-23(35)15-22(30-21-10-7-16(28)13-20(21)29)24-25(31)33(27(37)34(26(24)36)17-8-9-17)19-6-4-5-18(14-19)32-11-2-3-12-32/h4-7,10,13-15,17,30H,2-3,8-9,11-12,28H2,1H3. The molecule has 37 heavy (non-hydrogen) atoms. The predicted molar refractivity (Wildman–Crippen MR) is 147 cm³/mol. The molecule has 2 aliphatic rings. The van der Waals surface area contributed by atoms with E-state index >= 15 is 0 Å². The van der Waals surface area contributed by atoms with Gasteiger partial charge < -0.3 is 10.2 Å². The number of nitrogens with zero attached hydrogens (tertiary/aromatic N) is 4. The summed E-state index contributed by atoms with van der Waals surface area (Å²) in [5.41, 5.74) is 1.41. The molecule has 0 atom stereocenters. The van der Waals surface area contributed by atoms with Gasteiger partial charge in [-0.25, -0.2) is 13.8 Å². The number of nitrogens with one attached hydrogen (secondary N) is 1. The topological polar surface area (TPSA) is 81.3 Å². The van der Waals surface area contributed by atoms with Crippen molar-refractivity contribution in [3.63, 3.8) is 0 Å². The number of hydrogen-bond donors (Lipinski definition) is 1. The Labute approximate surface area is 213 Å². The lowest BCUT2D eigenvalue weighted by Crippen LogP contribution is -2.41. The van der Waals surface area contributed by atoms with Crippen LogP contribution in [0.25, 0.3) is 16.7 Å². The number of halogens is 1. The summed E-state index contributed by atoms with van der Waals surface area (Å²) in [5.74, 6) is -0.497. The van der Waals surface area contributed by atoms with Crippen LogP contribution in [0.1, 0.15) is 31.7 Å². The molecule has 1 aliphatic heterocycles. The number of aromatic nitrogens is 3. The summed E-state index contributed by atoms with van der Waals surface area (Å²) in [6, 6.07) is 13.4. The maximum atomic E-state index is 14.7. The van der Waals surface area contributed by atoms with Gasteiger partial charge in [0.1, 0.15) is 24.7 Å². The Bertz CT molecular complexity index is 1730. The fourth-order valence-corrected chi connectivity index (χ4v) is 5.22. The minimum Gasteiger partial charge on any atom is -0.371 e. The third kappa shape index (κ3) is 3.96. The van der Waals surface area contributed by atoms with Gasteiger partial charge >= 0.3 is 5.69 Å². The molecule has 0 spiro atoms. The maximum Gasteiger partial charge on any atom is 0.337 e. The lowest BCUT2D eigenvalue weighted by Gasteiger charge is -2.21. The molecule has 10 heteroatoms. The molecule has 2 aromatic heterocycles. The van der Waals surface area contributed by atoms with E-state index in [-0.39, 0.29) is 28.5 Å². The summed E-state index contributed by atoms with van der Waals surface area (Å²) in [7, 11) is 3.33. The van der Waals surface area contributed by atoms with E-state index < -0.39 is 22.6 Å². The molecule has 1 aliphatic carbocycles. The van der Waals surface area contributed by atoms with E-state index in [1.165, 1.54) is 25.8 Å². The molecule has 2 aromatic carbocycles. The van der Waals surface area contributed by atoms with Crippen molar-refractivity contribution in [2.75, 3.05) is 23.3 Å². The number of benzene rings is 2. The van der Waals surface area contributed by atoms with E-state index in [0.29, 0.717) is 5.69 Å². The highest BCUT2D eigenvalue weighted by Crippen LogP contribution is 2.34. The highest BCUT2D eigenvalue weighted by atomic mass is 19.1. The van der Waals surface area contributed by atoms with Gasteiger partial charge in [0.2, 0.25) is 0 Å². The second kappa shape index (κ2) is 8.79. The third-order valence-corrected chi connectivity index (χ3v) is 7.32. The van der Waals surface area contributed by atoms with Crippen molar-refractivity contribution in [2.24, 2.45) is 7.05 Å². The zero-order chi connectivity index (χ0) is 25.8. The zero-order valence-electron chi connectivity index (χ0n) is 20.8. The molecule has 188 valence electrons. The van der Waals surface area contributed by atoms with Gasteiger partial charge in [-0.1, -0.05) is 17.6 Å². The van der Waals surface area contributed by atoms with Crippen molar-refractivity contribution >= 4 is 41.4 Å². The highest BCUT2D eigenvalue weighted by molar-refractivity contribution is 6.32. The van der Waals surface area contributed by atoms with Gasteiger partial charge in [-0.2, -0.15) is 0 Å². The Morgan fingerprint density at radius 1 is 0.946 bits per heavy atom. The van der Waals surface area contributed by atoms with Crippen molar-refractivity contribution in [3.05, 3.63) is 85.5 Å². The van der Waals surface area contributed by atoms with Gasteiger partial charge in [0.05, 0.1) is 17.1 Å². The van der Waals surface area contributed by atoms with Gasteiger partial charge in [-0.05, 0) is 56.0 Å². The molecule has 0 unspecified atom stereocenters. The molecule has 2 fully saturated rings. The zero-order valence-corrected chi connectivity index (χ0v) is 20.8. The number of anilines is 3. The van der Waals surface area contributed by atoms with E-state index in [1.54, 1.807) is 27.0 Å². The molecule has 1 saturated carbocycles. The van der Waals surface area contributed by atoms with Crippen LogP contribution in [-0.2, 0) is 7.05 Å². The van der Waals surface area contributed by atoms with Crippen LogP contribution in [0.15, 0.2) is 62.9 Å². The predicted octanol–water partition coefficient (Wildman–Crippen LogP) is 1.93. The molecule has 4 aromatic rings. The van der Waals surface area contributed by atoms with E-state index in [4.69, 9.17) is 0 Å². The van der Waals surface area contributed by atoms with Gasteiger partial charge in [0, 0.05) is 37.9 Å². The minimum atomic E-state index is -0.497. The van der Waals surface area contributed by atoms with Gasteiger partial charge in [-0.3, -0.25) is 18.7 Å². The SMILES string of the molecule is Bc1ccc(Nc2cc(=O)n(C)c3c2c(=O)n(C2CC2)c(=O)n3-c2cccc(N3CCCC3)c2)c(F)c1. The van der Waals surface area contributed by atoms with E-state index in [0.717, 1.165) is 49.9 Å². The molecule has 6 rings (SSSR count). The summed E-state index contributed by atoms with van der Waals surface area (Å²) in [6.45, 7) is 1.88. The average molecular weight is 499 g/mol. The van der Waals surface area contributed by atoms with Crippen molar-refractivity contribution < 1.29 is 4.39 Å². The van der Waals surface area contributed by atoms with Crippen LogP contribution in [0.4, 0.5) is 21.5 Å². The first-order valence-electron chi connectivity index (χ1n) is 12.6. The molecule has 1 N–H and O–H groups in total. The van der Waals surface area contributed by atoms with Gasteiger partial charge in [0.25, 0.3) is 11.1 Å². The number of fused-ring (bicyclic) bond motifs is 1. The number of hydrogen-bond acceptors (Lipinski definition) is 5. The van der Waals surface area contributed by atoms with Crippen molar-refractivity contribution in [2.45, 2.75) is 31.7 Å². The normalized spacial score (nSPS) is 15.5. The first-order chi connectivity index (χ1) is 17.8. The second-order valence-electron chi connectivity index (χ2n) is 10.0. The molecule has 3 heterocycles.